The van der Waals surface area contributed by atoms with Gasteiger partial charge in [0.05, 0.1) is 28.6 Å². The number of carbonyl (C=O) groups excluding carboxylic acids is 2. The smallest absolute Gasteiger partial charge is 0.329 e. The number of hydrogen-bond acceptors (Lipinski definition) is 5. The van der Waals surface area contributed by atoms with Gasteiger partial charge in [-0.3, -0.25) is 9.59 Å². The van der Waals surface area contributed by atoms with Crippen molar-refractivity contribution in [3.05, 3.63) is 100 Å². The van der Waals surface area contributed by atoms with E-state index >= 15 is 0 Å². The quantitative estimate of drug-likeness (QED) is 0.159. The van der Waals surface area contributed by atoms with Gasteiger partial charge in [-0.1, -0.05) is 71.7 Å². The van der Waals surface area contributed by atoms with Crippen molar-refractivity contribution < 1.29 is 19.1 Å². The number of nitrogens with zero attached hydrogens (tertiary/aromatic N) is 1. The zero-order chi connectivity index (χ0) is 26.2. The SMILES string of the molecule is CCOc1cc(/C=N/NC(=O)C(=O)Nc2cccc(Cl)c2Cl)ccc1OCc1cccc2ccccc12. The summed E-state index contributed by atoms with van der Waals surface area (Å²) in [7, 11) is 0. The van der Waals surface area contributed by atoms with Crippen molar-refractivity contribution in [2.45, 2.75) is 13.5 Å². The molecular weight excluding hydrogens is 513 g/mol. The molecule has 4 aromatic carbocycles. The van der Waals surface area contributed by atoms with E-state index in [1.54, 1.807) is 30.3 Å². The maximum Gasteiger partial charge on any atom is 0.329 e. The van der Waals surface area contributed by atoms with E-state index in [0.29, 0.717) is 30.3 Å². The number of benzene rings is 4. The van der Waals surface area contributed by atoms with Crippen molar-refractivity contribution >= 4 is 57.7 Å². The summed E-state index contributed by atoms with van der Waals surface area (Å²) in [6.45, 7) is 2.69. The van der Waals surface area contributed by atoms with E-state index in [-0.39, 0.29) is 15.7 Å². The Hall–Kier alpha value is -4.07. The highest BCUT2D eigenvalue weighted by atomic mass is 35.5. The predicted molar refractivity (Wildman–Crippen MR) is 147 cm³/mol. The number of rotatable bonds is 8. The molecule has 4 aromatic rings. The fourth-order valence-electron chi connectivity index (χ4n) is 3.56. The number of hydrogen-bond donors (Lipinski definition) is 2. The lowest BCUT2D eigenvalue weighted by Crippen LogP contribution is -2.32. The molecule has 0 aromatic heterocycles. The van der Waals surface area contributed by atoms with Gasteiger partial charge in [0.25, 0.3) is 0 Å². The van der Waals surface area contributed by atoms with E-state index < -0.39 is 11.8 Å². The Bertz CT molecular complexity index is 1470. The monoisotopic (exact) mass is 535 g/mol. The average molecular weight is 536 g/mol. The van der Waals surface area contributed by atoms with Gasteiger partial charge in [0, 0.05) is 0 Å². The zero-order valence-electron chi connectivity index (χ0n) is 19.8. The topological polar surface area (TPSA) is 89.0 Å². The number of anilines is 1. The van der Waals surface area contributed by atoms with Crippen molar-refractivity contribution in [1.29, 1.82) is 0 Å². The lowest BCUT2D eigenvalue weighted by atomic mass is 10.1. The largest absolute Gasteiger partial charge is 0.490 e. The van der Waals surface area contributed by atoms with Crippen LogP contribution in [0.2, 0.25) is 10.0 Å². The summed E-state index contributed by atoms with van der Waals surface area (Å²) in [6.07, 6.45) is 1.40. The van der Waals surface area contributed by atoms with Crippen LogP contribution < -0.4 is 20.2 Å². The van der Waals surface area contributed by atoms with Crippen LogP contribution in [0.3, 0.4) is 0 Å². The molecular formula is C28H23Cl2N3O4. The Morgan fingerprint density at radius 2 is 1.68 bits per heavy atom. The molecule has 0 aliphatic carbocycles. The van der Waals surface area contributed by atoms with E-state index in [0.717, 1.165) is 16.3 Å². The summed E-state index contributed by atoms with van der Waals surface area (Å²) < 4.78 is 11.8. The van der Waals surface area contributed by atoms with Gasteiger partial charge in [-0.2, -0.15) is 5.10 Å². The summed E-state index contributed by atoms with van der Waals surface area (Å²) in [5, 5.41) is 8.93. The van der Waals surface area contributed by atoms with Gasteiger partial charge in [-0.25, -0.2) is 5.43 Å². The van der Waals surface area contributed by atoms with Crippen molar-refractivity contribution in [3.8, 4) is 11.5 Å². The van der Waals surface area contributed by atoms with Gasteiger partial charge < -0.3 is 14.8 Å². The van der Waals surface area contributed by atoms with Crippen LogP contribution in [0.25, 0.3) is 10.8 Å². The molecule has 2 N–H and O–H groups in total. The molecule has 0 fully saturated rings. The van der Waals surface area contributed by atoms with Gasteiger partial charge in [0.15, 0.2) is 11.5 Å². The molecule has 0 atom stereocenters. The molecule has 0 radical (unpaired) electrons. The molecule has 4 rings (SSSR count). The standard InChI is InChI=1S/C28H23Cl2N3O4/c1-2-36-25-15-18(16-31-33-28(35)27(34)32-23-12-6-11-22(29)26(23)30)13-14-24(25)37-17-20-9-5-8-19-7-3-4-10-21(19)20/h3-16H,2,17H2,1H3,(H,32,34)(H,33,35)/b31-16+. The molecule has 0 aliphatic heterocycles. The minimum Gasteiger partial charge on any atom is -0.490 e. The summed E-state index contributed by atoms with van der Waals surface area (Å²) in [4.78, 5) is 24.3. The minimum absolute atomic E-state index is 0.139. The van der Waals surface area contributed by atoms with E-state index in [4.69, 9.17) is 32.7 Å². The number of amides is 2. The Morgan fingerprint density at radius 3 is 2.51 bits per heavy atom. The number of nitrogens with one attached hydrogen (secondary N) is 2. The predicted octanol–water partition coefficient (Wildman–Crippen LogP) is 6.21. The molecule has 188 valence electrons. The van der Waals surface area contributed by atoms with Crippen LogP contribution in [0.4, 0.5) is 5.69 Å². The lowest BCUT2D eigenvalue weighted by molar-refractivity contribution is -0.136. The molecule has 9 heteroatoms. The van der Waals surface area contributed by atoms with Crippen molar-refractivity contribution in [2.24, 2.45) is 5.10 Å². The van der Waals surface area contributed by atoms with Gasteiger partial charge in [-0.05, 0) is 59.2 Å². The van der Waals surface area contributed by atoms with Crippen LogP contribution in [0.5, 0.6) is 11.5 Å². The molecule has 0 bridgehead atoms. The van der Waals surface area contributed by atoms with E-state index in [1.165, 1.54) is 12.3 Å². The first-order valence-corrected chi connectivity index (χ1v) is 12.2. The maximum atomic E-state index is 12.1. The number of halogens is 2. The van der Waals surface area contributed by atoms with Crippen LogP contribution in [-0.2, 0) is 16.2 Å². The molecule has 0 heterocycles. The summed E-state index contributed by atoms with van der Waals surface area (Å²) in [6, 6.07) is 24.2. The second kappa shape index (κ2) is 12.3. The minimum atomic E-state index is -0.965. The van der Waals surface area contributed by atoms with E-state index in [2.05, 4.69) is 34.0 Å². The first kappa shape index (κ1) is 26.0. The molecule has 0 saturated carbocycles. The third kappa shape index (κ3) is 6.58. The average Bonchev–Trinajstić information content (AvgIpc) is 2.91. The lowest BCUT2D eigenvalue weighted by Gasteiger charge is -2.13. The van der Waals surface area contributed by atoms with Crippen LogP contribution in [-0.4, -0.2) is 24.6 Å². The normalized spacial score (nSPS) is 10.9. The molecule has 0 spiro atoms. The van der Waals surface area contributed by atoms with Crippen LogP contribution in [0, 0.1) is 0 Å². The molecule has 7 nitrogen and oxygen atoms in total. The maximum absolute atomic E-state index is 12.1. The summed E-state index contributed by atoms with van der Waals surface area (Å²) in [5.41, 5.74) is 4.11. The van der Waals surface area contributed by atoms with E-state index in [9.17, 15) is 9.59 Å². The van der Waals surface area contributed by atoms with Gasteiger partial charge in [-0.15, -0.1) is 0 Å². The third-order valence-corrected chi connectivity index (χ3v) is 6.14. The number of hydrazone groups is 1. The van der Waals surface area contributed by atoms with Crippen LogP contribution in [0.1, 0.15) is 18.1 Å². The van der Waals surface area contributed by atoms with E-state index in [1.807, 2.05) is 31.2 Å². The molecule has 2 amide bonds. The second-order valence-corrected chi connectivity index (χ2v) is 8.61. The molecule has 0 aliphatic rings. The van der Waals surface area contributed by atoms with Crippen molar-refractivity contribution in [3.63, 3.8) is 0 Å². The first-order valence-electron chi connectivity index (χ1n) is 11.4. The Labute approximate surface area is 224 Å². The van der Waals surface area contributed by atoms with Crippen LogP contribution >= 0.6 is 23.2 Å². The molecule has 37 heavy (non-hydrogen) atoms. The fraction of sp³-hybridized carbons (Fsp3) is 0.107. The van der Waals surface area contributed by atoms with Gasteiger partial charge in [0.2, 0.25) is 0 Å². The fourth-order valence-corrected chi connectivity index (χ4v) is 3.91. The highest BCUT2D eigenvalue weighted by Crippen LogP contribution is 2.30. The number of ether oxygens (including phenoxy) is 2. The second-order valence-electron chi connectivity index (χ2n) is 7.82. The third-order valence-electron chi connectivity index (χ3n) is 5.32. The summed E-state index contributed by atoms with van der Waals surface area (Å²) >= 11 is 12.0. The number of carbonyl (C=O) groups is 2. The van der Waals surface area contributed by atoms with Gasteiger partial charge >= 0.3 is 11.8 Å². The Morgan fingerprint density at radius 1 is 0.892 bits per heavy atom. The van der Waals surface area contributed by atoms with Crippen molar-refractivity contribution in [1.82, 2.24) is 5.43 Å². The highest BCUT2D eigenvalue weighted by Gasteiger charge is 2.15. The first-order chi connectivity index (χ1) is 18.0. The number of fused-ring (bicyclic) bond motifs is 1. The van der Waals surface area contributed by atoms with Crippen molar-refractivity contribution in [2.75, 3.05) is 11.9 Å². The zero-order valence-corrected chi connectivity index (χ0v) is 21.3. The molecule has 0 saturated heterocycles. The summed E-state index contributed by atoms with van der Waals surface area (Å²) in [5.74, 6) is -0.791. The van der Waals surface area contributed by atoms with Gasteiger partial charge in [0.1, 0.15) is 6.61 Å². The Kier molecular flexibility index (Phi) is 8.61. The molecule has 0 unspecified atom stereocenters. The van der Waals surface area contributed by atoms with Crippen LogP contribution in [0.15, 0.2) is 84.0 Å². The Balaban J connectivity index is 1.40. The highest BCUT2D eigenvalue weighted by molar-refractivity contribution is 6.45.